The standard InChI is InChI=1S/C34H39N5O2/c1-34(35)16-25-19-39(29(25)17-34)33(40)24-13-26-31(30(15-24)41-3)37(2)32(36-26)28-14-23-11-10-21(7-6-20-4-5-20)12-27(23)38(28)18-22-8-9-22/h6-7,10-15,20,22,25,29H,4-5,8-9,16-19,35H2,1-3H3/b7-6+. The van der Waals surface area contributed by atoms with Gasteiger partial charge in [-0.25, -0.2) is 4.98 Å². The summed E-state index contributed by atoms with van der Waals surface area (Å²) < 4.78 is 10.5. The van der Waals surface area contributed by atoms with Crippen LogP contribution >= 0.6 is 0 Å². The minimum Gasteiger partial charge on any atom is -0.494 e. The lowest BCUT2D eigenvalue weighted by Gasteiger charge is -2.44. The van der Waals surface area contributed by atoms with Gasteiger partial charge in [-0.3, -0.25) is 4.79 Å². The molecule has 212 valence electrons. The second kappa shape index (κ2) is 8.96. The molecule has 1 amide bonds. The van der Waals surface area contributed by atoms with Gasteiger partial charge >= 0.3 is 0 Å². The van der Waals surface area contributed by atoms with Crippen LogP contribution in [0.15, 0.2) is 42.5 Å². The molecule has 0 bridgehead atoms. The van der Waals surface area contributed by atoms with Crippen molar-refractivity contribution in [3.8, 4) is 17.3 Å². The van der Waals surface area contributed by atoms with Gasteiger partial charge in [-0.2, -0.15) is 0 Å². The maximum Gasteiger partial charge on any atom is 0.254 e. The molecule has 2 aromatic heterocycles. The van der Waals surface area contributed by atoms with Crippen LogP contribution in [-0.4, -0.2) is 50.2 Å². The number of imidazole rings is 1. The summed E-state index contributed by atoms with van der Waals surface area (Å²) in [6.45, 7) is 3.88. The fourth-order valence-electron chi connectivity index (χ4n) is 7.33. The van der Waals surface area contributed by atoms with Crippen LogP contribution in [0, 0.1) is 17.8 Å². The maximum absolute atomic E-state index is 13.7. The van der Waals surface area contributed by atoms with E-state index in [1.807, 2.05) is 17.0 Å². The number of aromatic nitrogens is 3. The second-order valence-corrected chi connectivity index (χ2v) is 13.5. The largest absolute Gasteiger partial charge is 0.494 e. The first-order chi connectivity index (χ1) is 19.8. The number of allylic oxidation sites excluding steroid dienone is 1. The van der Waals surface area contributed by atoms with E-state index in [-0.39, 0.29) is 17.5 Å². The van der Waals surface area contributed by atoms with Crippen LogP contribution in [0.4, 0.5) is 0 Å². The molecule has 3 atom stereocenters. The van der Waals surface area contributed by atoms with Gasteiger partial charge in [0.25, 0.3) is 5.91 Å². The summed E-state index contributed by atoms with van der Waals surface area (Å²) in [6, 6.07) is 13.1. The molecule has 7 nitrogen and oxygen atoms in total. The number of ether oxygens (including phenoxy) is 1. The number of nitrogens with two attached hydrogens (primary N) is 1. The van der Waals surface area contributed by atoms with E-state index in [2.05, 4.69) is 59.5 Å². The summed E-state index contributed by atoms with van der Waals surface area (Å²) in [5, 5.41) is 1.23. The first-order valence-electron chi connectivity index (χ1n) is 15.2. The summed E-state index contributed by atoms with van der Waals surface area (Å²) in [5.74, 6) is 3.61. The third-order valence-corrected chi connectivity index (χ3v) is 9.92. The zero-order chi connectivity index (χ0) is 28.0. The number of amides is 1. The van der Waals surface area contributed by atoms with Crippen molar-refractivity contribution in [2.24, 2.45) is 30.5 Å². The molecule has 3 saturated carbocycles. The van der Waals surface area contributed by atoms with Crippen LogP contribution in [0.2, 0.25) is 0 Å². The van der Waals surface area contributed by atoms with Gasteiger partial charge in [0, 0.05) is 48.2 Å². The molecule has 3 unspecified atom stereocenters. The van der Waals surface area contributed by atoms with Crippen molar-refractivity contribution in [2.45, 2.75) is 63.6 Å². The van der Waals surface area contributed by atoms with Crippen molar-refractivity contribution in [3.63, 3.8) is 0 Å². The number of carbonyl (C=O) groups is 1. The Kier molecular flexibility index (Phi) is 5.50. The highest BCUT2D eigenvalue weighted by atomic mass is 16.5. The fraction of sp³-hybridized carbons (Fsp3) is 0.471. The maximum atomic E-state index is 13.7. The Bertz CT molecular complexity index is 1730. The Balaban J connectivity index is 1.20. The third kappa shape index (κ3) is 4.28. The Morgan fingerprint density at radius 2 is 1.98 bits per heavy atom. The Morgan fingerprint density at radius 1 is 1.15 bits per heavy atom. The molecule has 3 heterocycles. The van der Waals surface area contributed by atoms with E-state index in [1.54, 1.807) is 7.11 Å². The number of hydrogen-bond donors (Lipinski definition) is 1. The summed E-state index contributed by atoms with van der Waals surface area (Å²) in [4.78, 5) is 20.8. The van der Waals surface area contributed by atoms with Gasteiger partial charge in [-0.1, -0.05) is 24.3 Å². The third-order valence-electron chi connectivity index (χ3n) is 9.92. The van der Waals surface area contributed by atoms with Crippen LogP contribution in [0.25, 0.3) is 39.5 Å². The number of carbonyl (C=O) groups excluding carboxylic acids is 1. The minimum atomic E-state index is -0.185. The Labute approximate surface area is 241 Å². The van der Waals surface area contributed by atoms with Crippen molar-refractivity contribution in [1.29, 1.82) is 0 Å². The van der Waals surface area contributed by atoms with Crippen LogP contribution in [0.5, 0.6) is 5.75 Å². The van der Waals surface area contributed by atoms with Crippen LogP contribution in [0.1, 0.15) is 61.4 Å². The molecular formula is C34H39N5O2. The molecule has 41 heavy (non-hydrogen) atoms. The van der Waals surface area contributed by atoms with Gasteiger partial charge in [0.1, 0.15) is 11.3 Å². The summed E-state index contributed by atoms with van der Waals surface area (Å²) in [5.41, 5.74) is 12.2. The lowest BCUT2D eigenvalue weighted by Crippen LogP contribution is -2.56. The fourth-order valence-corrected chi connectivity index (χ4v) is 7.33. The number of hydrogen-bond acceptors (Lipinski definition) is 4. The van der Waals surface area contributed by atoms with Crippen LogP contribution < -0.4 is 10.5 Å². The number of likely N-dealkylation sites (tertiary alicyclic amines) is 1. The van der Waals surface area contributed by atoms with Gasteiger partial charge in [0.15, 0.2) is 5.82 Å². The first-order valence-corrected chi connectivity index (χ1v) is 15.2. The molecule has 4 aromatic rings. The number of rotatable bonds is 7. The van der Waals surface area contributed by atoms with Crippen molar-refractivity contribution in [1.82, 2.24) is 19.0 Å². The highest BCUT2D eigenvalue weighted by Crippen LogP contribution is 2.44. The van der Waals surface area contributed by atoms with E-state index in [4.69, 9.17) is 15.5 Å². The monoisotopic (exact) mass is 549 g/mol. The molecule has 8 rings (SSSR count). The quantitative estimate of drug-likeness (QED) is 0.307. The summed E-state index contributed by atoms with van der Waals surface area (Å²) >= 11 is 0. The van der Waals surface area contributed by atoms with Crippen molar-refractivity contribution < 1.29 is 9.53 Å². The van der Waals surface area contributed by atoms with Gasteiger partial charge in [0.05, 0.1) is 18.3 Å². The van der Waals surface area contributed by atoms with Crippen molar-refractivity contribution in [3.05, 3.63) is 53.6 Å². The number of aryl methyl sites for hydroxylation is 1. The molecular weight excluding hydrogens is 510 g/mol. The number of methoxy groups -OCH3 is 1. The first kappa shape index (κ1) is 25.2. The molecule has 3 aliphatic carbocycles. The van der Waals surface area contributed by atoms with E-state index in [0.717, 1.165) is 60.3 Å². The lowest BCUT2D eigenvalue weighted by molar-refractivity contribution is 0.0269. The summed E-state index contributed by atoms with van der Waals surface area (Å²) in [6.07, 6.45) is 11.7. The molecule has 0 spiro atoms. The lowest BCUT2D eigenvalue weighted by atomic mass is 9.91. The molecule has 1 saturated heterocycles. The molecule has 4 aliphatic rings. The van der Waals surface area contributed by atoms with E-state index < -0.39 is 0 Å². The SMILES string of the molecule is COc1cc(C(=O)N2CC3CC(C)(N)CC32)cc2nc(-c3cc4ccc(/C=C/C5CC5)cc4n3CC3CC3)n(C)c12. The average molecular weight is 550 g/mol. The molecule has 2 N–H and O–H groups in total. The van der Waals surface area contributed by atoms with Gasteiger partial charge < -0.3 is 24.5 Å². The molecule has 7 heteroatoms. The second-order valence-electron chi connectivity index (χ2n) is 13.5. The summed E-state index contributed by atoms with van der Waals surface area (Å²) in [7, 11) is 3.73. The number of fused-ring (bicyclic) bond motifs is 3. The van der Waals surface area contributed by atoms with Gasteiger partial charge in [-0.05, 0) is 93.0 Å². The van der Waals surface area contributed by atoms with Crippen molar-refractivity contribution >= 4 is 33.9 Å². The van der Waals surface area contributed by atoms with E-state index in [0.29, 0.717) is 17.2 Å². The zero-order valence-electron chi connectivity index (χ0n) is 24.3. The van der Waals surface area contributed by atoms with E-state index in [9.17, 15) is 4.79 Å². The van der Waals surface area contributed by atoms with Gasteiger partial charge in [0.2, 0.25) is 0 Å². The molecule has 1 aliphatic heterocycles. The minimum absolute atomic E-state index is 0.0472. The van der Waals surface area contributed by atoms with Crippen LogP contribution in [-0.2, 0) is 13.6 Å². The Morgan fingerprint density at radius 3 is 2.71 bits per heavy atom. The number of benzene rings is 2. The van der Waals surface area contributed by atoms with Crippen LogP contribution in [0.3, 0.4) is 0 Å². The predicted octanol–water partition coefficient (Wildman–Crippen LogP) is 5.99. The molecule has 2 aromatic carbocycles. The normalized spacial score (nSPS) is 25.8. The Hall–Kier alpha value is -3.58. The van der Waals surface area contributed by atoms with Crippen molar-refractivity contribution in [2.75, 3.05) is 13.7 Å². The predicted molar refractivity (Wildman–Crippen MR) is 163 cm³/mol. The smallest absolute Gasteiger partial charge is 0.254 e. The molecule has 4 fully saturated rings. The highest BCUT2D eigenvalue weighted by Gasteiger charge is 2.51. The average Bonchev–Trinajstić information content (AvgIpc) is 3.87. The topological polar surface area (TPSA) is 78.3 Å². The van der Waals surface area contributed by atoms with E-state index >= 15 is 0 Å². The molecule has 0 radical (unpaired) electrons. The van der Waals surface area contributed by atoms with E-state index in [1.165, 1.54) is 42.1 Å². The number of nitrogens with zero attached hydrogens (tertiary/aromatic N) is 4. The van der Waals surface area contributed by atoms with Gasteiger partial charge in [-0.15, -0.1) is 0 Å². The zero-order valence-corrected chi connectivity index (χ0v) is 24.3. The highest BCUT2D eigenvalue weighted by molar-refractivity contribution is 6.01.